The molecule has 2 aromatic heterocycles. The Kier molecular flexibility index (Phi) is 4.23. The zero-order valence-electron chi connectivity index (χ0n) is 10.3. The Labute approximate surface area is 111 Å². The molecular formula is C10H12F3N5O2. The van der Waals surface area contributed by atoms with Crippen molar-refractivity contribution in [2.24, 2.45) is 0 Å². The molecule has 0 aliphatic heterocycles. The fourth-order valence-corrected chi connectivity index (χ4v) is 1.41. The third-order valence-corrected chi connectivity index (χ3v) is 2.20. The van der Waals surface area contributed by atoms with Crippen LogP contribution in [0.4, 0.5) is 18.9 Å². The minimum absolute atomic E-state index is 0.132. The maximum atomic E-state index is 11.8. The number of nitrogens with zero attached hydrogens (tertiary/aromatic N) is 4. The van der Waals surface area contributed by atoms with Crippen LogP contribution >= 0.6 is 0 Å². The topological polar surface area (TPSA) is 92.0 Å². The fourth-order valence-electron chi connectivity index (χ4n) is 1.41. The van der Waals surface area contributed by atoms with Gasteiger partial charge in [-0.15, -0.1) is 0 Å². The summed E-state index contributed by atoms with van der Waals surface area (Å²) in [6, 6.07) is 0. The summed E-state index contributed by atoms with van der Waals surface area (Å²) in [5.74, 6) is 0.571. The third kappa shape index (κ3) is 4.53. The molecule has 2 heterocycles. The number of hydrogen-bond donors (Lipinski definition) is 1. The lowest BCUT2D eigenvalue weighted by Crippen LogP contribution is -2.18. The highest BCUT2D eigenvalue weighted by atomic mass is 19.4. The van der Waals surface area contributed by atoms with Crippen molar-refractivity contribution in [2.45, 2.75) is 19.1 Å². The van der Waals surface area contributed by atoms with Crippen LogP contribution in [0.3, 0.4) is 0 Å². The van der Waals surface area contributed by atoms with Gasteiger partial charge in [0.1, 0.15) is 13.2 Å². The van der Waals surface area contributed by atoms with Crippen molar-refractivity contribution in [1.29, 1.82) is 0 Å². The first kappa shape index (κ1) is 14.3. The minimum Gasteiger partial charge on any atom is -0.396 e. The van der Waals surface area contributed by atoms with Crippen molar-refractivity contribution >= 4 is 5.69 Å². The zero-order chi connectivity index (χ0) is 14.6. The van der Waals surface area contributed by atoms with Gasteiger partial charge in [-0.3, -0.25) is 4.68 Å². The Morgan fingerprint density at radius 3 is 2.85 bits per heavy atom. The number of ether oxygens (including phenoxy) is 1. The zero-order valence-corrected chi connectivity index (χ0v) is 10.3. The first-order valence-electron chi connectivity index (χ1n) is 5.66. The highest BCUT2D eigenvalue weighted by Crippen LogP contribution is 2.14. The molecule has 0 amide bonds. The van der Waals surface area contributed by atoms with Gasteiger partial charge in [0.15, 0.2) is 5.82 Å². The predicted octanol–water partition coefficient (Wildman–Crippen LogP) is 1.02. The number of halogens is 3. The van der Waals surface area contributed by atoms with E-state index < -0.39 is 12.8 Å². The first-order valence-corrected chi connectivity index (χ1v) is 5.66. The number of hydrogen-bond acceptors (Lipinski definition) is 6. The van der Waals surface area contributed by atoms with Gasteiger partial charge < -0.3 is 15.0 Å². The monoisotopic (exact) mass is 291 g/mol. The summed E-state index contributed by atoms with van der Waals surface area (Å²) in [5.41, 5.74) is 6.00. The molecule has 0 saturated heterocycles. The molecule has 0 atom stereocenters. The maximum Gasteiger partial charge on any atom is 0.411 e. The minimum atomic E-state index is -4.33. The van der Waals surface area contributed by atoms with Crippen molar-refractivity contribution in [1.82, 2.24) is 19.9 Å². The van der Waals surface area contributed by atoms with Gasteiger partial charge in [-0.05, 0) is 0 Å². The average Bonchev–Trinajstić information content (AvgIpc) is 2.94. The Morgan fingerprint density at radius 1 is 1.40 bits per heavy atom. The lowest BCUT2D eigenvalue weighted by atomic mass is 10.4. The van der Waals surface area contributed by atoms with E-state index in [4.69, 9.17) is 10.3 Å². The quantitative estimate of drug-likeness (QED) is 0.799. The Hall–Kier alpha value is -2.10. The molecule has 0 fully saturated rings. The molecule has 0 aromatic carbocycles. The first-order chi connectivity index (χ1) is 9.42. The smallest absolute Gasteiger partial charge is 0.396 e. The summed E-state index contributed by atoms with van der Waals surface area (Å²) < 4.78 is 46.4. The number of alkyl halides is 3. The lowest BCUT2D eigenvalue weighted by molar-refractivity contribution is -0.173. The highest BCUT2D eigenvalue weighted by Gasteiger charge is 2.27. The molecule has 7 nitrogen and oxygen atoms in total. The summed E-state index contributed by atoms with van der Waals surface area (Å²) in [6.45, 7) is -1.18. The van der Waals surface area contributed by atoms with Crippen LogP contribution in [-0.2, 0) is 17.7 Å². The standard InChI is InChI=1S/C10H12F3N5O2/c11-10(12,13)6-19-2-1-8-16-9(20-17-8)5-18-4-7(14)3-15-18/h3-4H,1-2,5-6,14H2. The summed E-state index contributed by atoms with van der Waals surface area (Å²) in [6.07, 6.45) is -1.12. The van der Waals surface area contributed by atoms with Crippen LogP contribution in [-0.4, -0.2) is 39.3 Å². The Morgan fingerprint density at radius 2 is 2.20 bits per heavy atom. The van der Waals surface area contributed by atoms with Crippen molar-refractivity contribution in [3.63, 3.8) is 0 Å². The van der Waals surface area contributed by atoms with Gasteiger partial charge in [-0.1, -0.05) is 5.16 Å². The number of anilines is 1. The fraction of sp³-hybridized carbons (Fsp3) is 0.500. The molecule has 0 radical (unpaired) electrons. The molecule has 2 aromatic rings. The summed E-state index contributed by atoms with van der Waals surface area (Å²) >= 11 is 0. The molecule has 2 rings (SSSR count). The van der Waals surface area contributed by atoms with E-state index in [1.165, 1.54) is 10.9 Å². The normalized spacial score (nSPS) is 11.9. The van der Waals surface area contributed by atoms with Crippen LogP contribution in [0.5, 0.6) is 0 Å². The number of nitrogens with two attached hydrogens (primary N) is 1. The lowest BCUT2D eigenvalue weighted by Gasteiger charge is -2.05. The molecule has 20 heavy (non-hydrogen) atoms. The van der Waals surface area contributed by atoms with Crippen molar-refractivity contribution in [2.75, 3.05) is 18.9 Å². The second kappa shape index (κ2) is 5.90. The molecule has 10 heteroatoms. The molecule has 2 N–H and O–H groups in total. The van der Waals surface area contributed by atoms with Gasteiger partial charge >= 0.3 is 6.18 Å². The van der Waals surface area contributed by atoms with E-state index in [0.717, 1.165) is 0 Å². The molecule has 0 saturated carbocycles. The van der Waals surface area contributed by atoms with Gasteiger partial charge in [0.2, 0.25) is 5.89 Å². The van der Waals surface area contributed by atoms with E-state index in [2.05, 4.69) is 20.0 Å². The Bertz CT molecular complexity index is 551. The highest BCUT2D eigenvalue weighted by molar-refractivity contribution is 5.30. The summed E-state index contributed by atoms with van der Waals surface area (Å²) in [4.78, 5) is 4.01. The van der Waals surface area contributed by atoms with E-state index in [1.807, 2.05) is 0 Å². The molecule has 0 bridgehead atoms. The van der Waals surface area contributed by atoms with Crippen LogP contribution in [0.1, 0.15) is 11.7 Å². The van der Waals surface area contributed by atoms with Crippen LogP contribution in [0, 0.1) is 0 Å². The van der Waals surface area contributed by atoms with Gasteiger partial charge in [0, 0.05) is 12.6 Å². The van der Waals surface area contributed by atoms with E-state index in [9.17, 15) is 13.2 Å². The van der Waals surface area contributed by atoms with E-state index in [0.29, 0.717) is 11.6 Å². The van der Waals surface area contributed by atoms with Gasteiger partial charge in [0.25, 0.3) is 0 Å². The summed E-state index contributed by atoms with van der Waals surface area (Å²) in [5, 5.41) is 7.57. The number of rotatable bonds is 6. The molecule has 0 spiro atoms. The summed E-state index contributed by atoms with van der Waals surface area (Å²) in [7, 11) is 0. The maximum absolute atomic E-state index is 11.8. The second-order valence-corrected chi connectivity index (χ2v) is 3.99. The van der Waals surface area contributed by atoms with Crippen LogP contribution in [0.25, 0.3) is 0 Å². The molecule has 0 unspecified atom stereocenters. The molecule has 110 valence electrons. The van der Waals surface area contributed by atoms with Gasteiger partial charge in [-0.25, -0.2) is 0 Å². The molecule has 0 aliphatic carbocycles. The number of aromatic nitrogens is 4. The third-order valence-electron chi connectivity index (χ3n) is 2.20. The van der Waals surface area contributed by atoms with Crippen LogP contribution in [0.2, 0.25) is 0 Å². The largest absolute Gasteiger partial charge is 0.411 e. The SMILES string of the molecule is Nc1cnn(Cc2nc(CCOCC(F)(F)F)no2)c1. The molecular weight excluding hydrogens is 279 g/mol. The van der Waals surface area contributed by atoms with Gasteiger partial charge in [0.05, 0.1) is 18.5 Å². The average molecular weight is 291 g/mol. The van der Waals surface area contributed by atoms with E-state index in [1.54, 1.807) is 6.20 Å². The van der Waals surface area contributed by atoms with E-state index >= 15 is 0 Å². The van der Waals surface area contributed by atoms with Gasteiger partial charge in [-0.2, -0.15) is 23.3 Å². The second-order valence-electron chi connectivity index (χ2n) is 3.99. The van der Waals surface area contributed by atoms with Crippen molar-refractivity contribution in [3.8, 4) is 0 Å². The molecule has 0 aliphatic rings. The predicted molar refractivity (Wildman–Crippen MR) is 60.6 cm³/mol. The number of nitrogen functional groups attached to an aromatic ring is 1. The van der Waals surface area contributed by atoms with Crippen LogP contribution < -0.4 is 5.73 Å². The Balaban J connectivity index is 1.77. The van der Waals surface area contributed by atoms with Crippen molar-refractivity contribution < 1.29 is 22.4 Å². The van der Waals surface area contributed by atoms with Crippen molar-refractivity contribution in [3.05, 3.63) is 24.1 Å². The van der Waals surface area contributed by atoms with E-state index in [-0.39, 0.29) is 25.4 Å². The van der Waals surface area contributed by atoms with Crippen LogP contribution in [0.15, 0.2) is 16.9 Å².